The van der Waals surface area contributed by atoms with Gasteiger partial charge in [0, 0.05) is 0 Å². The van der Waals surface area contributed by atoms with E-state index in [-0.39, 0.29) is 0 Å². The molecule has 90 valence electrons. The number of aliphatic hydroxyl groups is 1. The lowest BCUT2D eigenvalue weighted by Crippen LogP contribution is -2.14. The van der Waals surface area contributed by atoms with Crippen molar-refractivity contribution < 1.29 is 9.84 Å². The molecule has 0 heterocycles. The van der Waals surface area contributed by atoms with Crippen LogP contribution in [0.15, 0.2) is 0 Å². The average molecular weight is 222 g/mol. The minimum atomic E-state index is -0.430. The van der Waals surface area contributed by atoms with Crippen LogP contribution in [0.2, 0.25) is 0 Å². The van der Waals surface area contributed by atoms with E-state index in [2.05, 4.69) is 34.6 Å². The highest BCUT2D eigenvalue weighted by atomic mass is 16.5. The molecule has 0 amide bonds. The maximum Gasteiger partial charge on any atom is 0.125 e. The summed E-state index contributed by atoms with van der Waals surface area (Å²) in [5.74, 6) is 0.932. The molecule has 0 fully saturated rings. The molecule has 2 heteroatoms. The highest BCUT2D eigenvalue weighted by Crippen LogP contribution is 2.32. The summed E-state index contributed by atoms with van der Waals surface area (Å²) in [7, 11) is 0. The van der Waals surface area contributed by atoms with Crippen molar-refractivity contribution in [1.29, 1.82) is 0 Å². The lowest BCUT2D eigenvalue weighted by atomic mass is 9.94. The van der Waals surface area contributed by atoms with Crippen molar-refractivity contribution in [3.63, 3.8) is 0 Å². The van der Waals surface area contributed by atoms with Gasteiger partial charge in [0.15, 0.2) is 0 Å². The fourth-order valence-electron chi connectivity index (χ4n) is 1.89. The van der Waals surface area contributed by atoms with Crippen LogP contribution in [0.25, 0.3) is 0 Å². The molecule has 0 bridgehead atoms. The van der Waals surface area contributed by atoms with E-state index >= 15 is 0 Å². The monoisotopic (exact) mass is 222 g/mol. The summed E-state index contributed by atoms with van der Waals surface area (Å²) in [5, 5.41) is 9.26. The normalized spacial score (nSPS) is 12.7. The summed E-state index contributed by atoms with van der Waals surface area (Å²) in [4.78, 5) is 0. The Hall–Kier alpha value is -1.02. The Balaban J connectivity index is 3.18. The summed E-state index contributed by atoms with van der Waals surface area (Å²) in [6, 6.07) is 0. The van der Waals surface area contributed by atoms with Gasteiger partial charge in [-0.3, -0.25) is 0 Å². The summed E-state index contributed by atoms with van der Waals surface area (Å²) in [5.41, 5.74) is 6.26. The molecule has 2 nitrogen and oxygen atoms in total. The third-order valence-corrected chi connectivity index (χ3v) is 3.40. The van der Waals surface area contributed by atoms with E-state index in [1.165, 1.54) is 27.8 Å². The van der Waals surface area contributed by atoms with Gasteiger partial charge in [0.1, 0.15) is 12.4 Å². The van der Waals surface area contributed by atoms with Gasteiger partial charge in [-0.15, -0.1) is 0 Å². The summed E-state index contributed by atoms with van der Waals surface area (Å²) in [6.45, 7) is 12.6. The first-order chi connectivity index (χ1) is 7.36. The molecule has 0 saturated carbocycles. The van der Waals surface area contributed by atoms with Crippen LogP contribution in [-0.2, 0) is 0 Å². The number of aliphatic hydroxyl groups excluding tert-OH is 1. The van der Waals surface area contributed by atoms with Gasteiger partial charge in [-0.25, -0.2) is 0 Å². The van der Waals surface area contributed by atoms with E-state index in [9.17, 15) is 5.11 Å². The van der Waals surface area contributed by atoms with Gasteiger partial charge in [-0.2, -0.15) is 0 Å². The molecule has 0 radical (unpaired) electrons. The first kappa shape index (κ1) is 13.0. The third kappa shape index (κ3) is 2.38. The van der Waals surface area contributed by atoms with Crippen molar-refractivity contribution in [2.75, 3.05) is 6.61 Å². The highest BCUT2D eigenvalue weighted by Gasteiger charge is 2.13. The fourth-order valence-corrected chi connectivity index (χ4v) is 1.89. The summed E-state index contributed by atoms with van der Waals surface area (Å²) >= 11 is 0. The highest BCUT2D eigenvalue weighted by molar-refractivity contribution is 5.53. The van der Waals surface area contributed by atoms with Crippen molar-refractivity contribution in [3.8, 4) is 5.75 Å². The largest absolute Gasteiger partial charge is 0.490 e. The van der Waals surface area contributed by atoms with Crippen molar-refractivity contribution in [2.24, 2.45) is 0 Å². The first-order valence-electron chi connectivity index (χ1n) is 5.74. The smallest absolute Gasteiger partial charge is 0.125 e. The first-order valence-corrected chi connectivity index (χ1v) is 5.74. The molecule has 0 aliphatic rings. The SMILES string of the molecule is Cc1c(C)c(C)c(OCC(C)O)c(C)c1C. The number of ether oxygens (including phenoxy) is 1. The van der Waals surface area contributed by atoms with E-state index < -0.39 is 6.10 Å². The topological polar surface area (TPSA) is 29.5 Å². The minimum absolute atomic E-state index is 0.351. The summed E-state index contributed by atoms with van der Waals surface area (Å²) in [6.07, 6.45) is -0.430. The number of benzene rings is 1. The predicted molar refractivity (Wildman–Crippen MR) is 67.3 cm³/mol. The predicted octanol–water partition coefficient (Wildman–Crippen LogP) is 2.99. The van der Waals surface area contributed by atoms with Crippen molar-refractivity contribution >= 4 is 0 Å². The van der Waals surface area contributed by atoms with Gasteiger partial charge in [0.05, 0.1) is 6.10 Å². The second-order valence-electron chi connectivity index (χ2n) is 4.61. The number of hydrogen-bond donors (Lipinski definition) is 1. The zero-order chi connectivity index (χ0) is 12.5. The number of rotatable bonds is 3. The molecule has 1 aromatic carbocycles. The van der Waals surface area contributed by atoms with Crippen molar-refractivity contribution in [3.05, 3.63) is 27.8 Å². The molecule has 0 spiro atoms. The lowest BCUT2D eigenvalue weighted by molar-refractivity contribution is 0.122. The molecule has 1 atom stereocenters. The van der Waals surface area contributed by atoms with Crippen molar-refractivity contribution in [2.45, 2.75) is 47.6 Å². The van der Waals surface area contributed by atoms with Gasteiger partial charge in [0.25, 0.3) is 0 Å². The molecule has 0 aliphatic carbocycles. The minimum Gasteiger partial charge on any atom is -0.490 e. The van der Waals surface area contributed by atoms with Gasteiger partial charge in [-0.1, -0.05) is 0 Å². The lowest BCUT2D eigenvalue weighted by Gasteiger charge is -2.19. The Morgan fingerprint density at radius 2 is 1.25 bits per heavy atom. The van der Waals surface area contributed by atoms with Crippen LogP contribution in [-0.4, -0.2) is 17.8 Å². The second-order valence-corrected chi connectivity index (χ2v) is 4.61. The Labute approximate surface area is 98.3 Å². The number of hydrogen-bond acceptors (Lipinski definition) is 2. The molecule has 1 aromatic rings. The van der Waals surface area contributed by atoms with Crippen LogP contribution in [0.1, 0.15) is 34.7 Å². The molecule has 1 N–H and O–H groups in total. The van der Waals surface area contributed by atoms with Gasteiger partial charge < -0.3 is 9.84 Å². The molecule has 0 saturated heterocycles. The standard InChI is InChI=1S/C14H22O2/c1-8(15)7-16-14-12(5)10(3)9(2)11(4)13(14)6/h8,15H,7H2,1-6H3. The fraction of sp³-hybridized carbons (Fsp3) is 0.571. The molecule has 1 rings (SSSR count). The quantitative estimate of drug-likeness (QED) is 0.852. The maximum absolute atomic E-state index is 9.26. The zero-order valence-electron chi connectivity index (χ0n) is 11.1. The Bertz CT molecular complexity index is 363. The molecular weight excluding hydrogens is 200 g/mol. The van der Waals surface area contributed by atoms with Gasteiger partial charge in [0.2, 0.25) is 0 Å². The van der Waals surface area contributed by atoms with E-state index in [1.54, 1.807) is 6.92 Å². The van der Waals surface area contributed by atoms with Gasteiger partial charge in [-0.05, 0) is 69.4 Å². The van der Waals surface area contributed by atoms with E-state index in [4.69, 9.17) is 4.74 Å². The van der Waals surface area contributed by atoms with Crippen LogP contribution in [0.3, 0.4) is 0 Å². The van der Waals surface area contributed by atoms with E-state index in [0.717, 1.165) is 5.75 Å². The van der Waals surface area contributed by atoms with Crippen LogP contribution in [0, 0.1) is 34.6 Å². The zero-order valence-corrected chi connectivity index (χ0v) is 11.1. The molecule has 16 heavy (non-hydrogen) atoms. The average Bonchev–Trinajstić information content (AvgIpc) is 2.23. The second kappa shape index (κ2) is 4.88. The van der Waals surface area contributed by atoms with E-state index in [1.807, 2.05) is 0 Å². The van der Waals surface area contributed by atoms with E-state index in [0.29, 0.717) is 6.61 Å². The van der Waals surface area contributed by atoms with Crippen LogP contribution in [0.5, 0.6) is 5.75 Å². The van der Waals surface area contributed by atoms with Crippen LogP contribution < -0.4 is 4.74 Å². The van der Waals surface area contributed by atoms with Crippen molar-refractivity contribution in [1.82, 2.24) is 0 Å². The molecule has 0 aromatic heterocycles. The van der Waals surface area contributed by atoms with Gasteiger partial charge >= 0.3 is 0 Å². The van der Waals surface area contributed by atoms with Crippen LogP contribution in [0.4, 0.5) is 0 Å². The molecule has 1 unspecified atom stereocenters. The molecule has 0 aliphatic heterocycles. The van der Waals surface area contributed by atoms with Crippen LogP contribution >= 0.6 is 0 Å². The Morgan fingerprint density at radius 1 is 0.875 bits per heavy atom. The Morgan fingerprint density at radius 3 is 1.62 bits per heavy atom. The Kier molecular flexibility index (Phi) is 3.98. The molecular formula is C14H22O2. The maximum atomic E-state index is 9.26. The third-order valence-electron chi connectivity index (χ3n) is 3.40. The summed E-state index contributed by atoms with van der Waals surface area (Å²) < 4.78 is 5.70.